The van der Waals surface area contributed by atoms with Crippen LogP contribution in [0.5, 0.6) is 0 Å². The standard InChI is InChI=1S/C24H19N5S2/c25-31-18-10-6-7-16(13-18)14-27-23-21-19(17-8-2-1-3-9-17)15-30-24(21)29-22(28-23)20-11-4-5-12-26-20/h1-13,15H,14,25H2,(H,27,28,29). The van der Waals surface area contributed by atoms with Crippen LogP contribution in [0.4, 0.5) is 5.82 Å². The van der Waals surface area contributed by atoms with Crippen molar-refractivity contribution in [2.24, 2.45) is 5.14 Å². The van der Waals surface area contributed by atoms with Crippen LogP contribution >= 0.6 is 23.3 Å². The van der Waals surface area contributed by atoms with Crippen LogP contribution < -0.4 is 10.5 Å². The number of benzene rings is 2. The molecule has 0 amide bonds. The molecule has 0 bridgehead atoms. The monoisotopic (exact) mass is 441 g/mol. The van der Waals surface area contributed by atoms with Gasteiger partial charge in [0.15, 0.2) is 5.82 Å². The Balaban J connectivity index is 1.61. The molecule has 5 rings (SSSR count). The summed E-state index contributed by atoms with van der Waals surface area (Å²) in [4.78, 5) is 16.1. The number of nitrogens with zero attached hydrogens (tertiary/aromatic N) is 3. The Hall–Kier alpha value is -3.26. The van der Waals surface area contributed by atoms with Crippen LogP contribution in [0.25, 0.3) is 32.9 Å². The van der Waals surface area contributed by atoms with Gasteiger partial charge in [0.1, 0.15) is 16.3 Å². The van der Waals surface area contributed by atoms with Crippen molar-refractivity contribution in [1.82, 2.24) is 15.0 Å². The third-order valence-corrected chi connectivity index (χ3v) is 6.31. The van der Waals surface area contributed by atoms with E-state index in [4.69, 9.17) is 15.1 Å². The molecule has 0 saturated carbocycles. The topological polar surface area (TPSA) is 76.7 Å². The first-order chi connectivity index (χ1) is 15.3. The van der Waals surface area contributed by atoms with Gasteiger partial charge in [0.05, 0.1) is 5.39 Å². The predicted molar refractivity (Wildman–Crippen MR) is 130 cm³/mol. The van der Waals surface area contributed by atoms with Crippen LogP contribution in [-0.4, -0.2) is 15.0 Å². The van der Waals surface area contributed by atoms with Gasteiger partial charge in [0.2, 0.25) is 0 Å². The first kappa shape index (κ1) is 19.7. The second-order valence-corrected chi connectivity index (χ2v) is 8.49. The predicted octanol–water partition coefficient (Wildman–Crippen LogP) is 6.00. The molecule has 5 nitrogen and oxygen atoms in total. The van der Waals surface area contributed by atoms with Crippen LogP contribution in [0.2, 0.25) is 0 Å². The SMILES string of the molecule is NSc1cccc(CNc2nc(-c3ccccn3)nc3scc(-c4ccccc4)c23)c1. The molecule has 3 N–H and O–H groups in total. The molecule has 7 heteroatoms. The van der Waals surface area contributed by atoms with Crippen LogP contribution in [0.1, 0.15) is 5.56 Å². The zero-order valence-electron chi connectivity index (χ0n) is 16.5. The van der Waals surface area contributed by atoms with Crippen molar-refractivity contribution in [3.63, 3.8) is 0 Å². The molecule has 5 aromatic rings. The summed E-state index contributed by atoms with van der Waals surface area (Å²) in [5.74, 6) is 1.42. The average molecular weight is 442 g/mol. The summed E-state index contributed by atoms with van der Waals surface area (Å²) in [6, 6.07) is 24.3. The number of hydrogen-bond acceptors (Lipinski definition) is 7. The van der Waals surface area contributed by atoms with Crippen molar-refractivity contribution in [2.75, 3.05) is 5.32 Å². The molecule has 2 aromatic carbocycles. The maximum Gasteiger partial charge on any atom is 0.181 e. The lowest BCUT2D eigenvalue weighted by atomic mass is 10.1. The normalized spacial score (nSPS) is 11.0. The van der Waals surface area contributed by atoms with Gasteiger partial charge in [-0.3, -0.25) is 10.1 Å². The third kappa shape index (κ3) is 4.16. The Bertz CT molecular complexity index is 1320. The van der Waals surface area contributed by atoms with Crippen LogP contribution in [0, 0.1) is 0 Å². The van der Waals surface area contributed by atoms with E-state index in [2.05, 4.69) is 39.9 Å². The summed E-state index contributed by atoms with van der Waals surface area (Å²) in [5.41, 5.74) is 4.16. The molecular weight excluding hydrogens is 422 g/mol. The molecule has 3 heterocycles. The Kier molecular flexibility index (Phi) is 5.62. The van der Waals surface area contributed by atoms with E-state index in [-0.39, 0.29) is 0 Å². The number of fused-ring (bicyclic) bond motifs is 1. The average Bonchev–Trinajstić information content (AvgIpc) is 3.28. The lowest BCUT2D eigenvalue weighted by Crippen LogP contribution is -2.04. The fourth-order valence-electron chi connectivity index (χ4n) is 3.42. The highest BCUT2D eigenvalue weighted by Gasteiger charge is 2.16. The lowest BCUT2D eigenvalue weighted by Gasteiger charge is -2.11. The van der Waals surface area contributed by atoms with E-state index in [0.717, 1.165) is 43.3 Å². The van der Waals surface area contributed by atoms with Crippen molar-refractivity contribution >= 4 is 39.3 Å². The molecule has 3 aromatic heterocycles. The molecule has 0 atom stereocenters. The number of thiophene rings is 1. The minimum atomic E-state index is 0.614. The smallest absolute Gasteiger partial charge is 0.181 e. The second kappa shape index (κ2) is 8.85. The van der Waals surface area contributed by atoms with Gasteiger partial charge in [-0.1, -0.05) is 48.5 Å². The lowest BCUT2D eigenvalue weighted by molar-refractivity contribution is 1.09. The molecule has 0 radical (unpaired) electrons. The quantitative estimate of drug-likeness (QED) is 0.315. The van der Waals surface area contributed by atoms with Gasteiger partial charge in [-0.15, -0.1) is 11.3 Å². The minimum Gasteiger partial charge on any atom is -0.365 e. The summed E-state index contributed by atoms with van der Waals surface area (Å²) in [5, 5.41) is 12.4. The molecular formula is C24H19N5S2. The first-order valence-corrected chi connectivity index (χ1v) is 11.5. The van der Waals surface area contributed by atoms with Gasteiger partial charge < -0.3 is 5.32 Å². The van der Waals surface area contributed by atoms with Crippen LogP contribution in [0.15, 0.2) is 89.3 Å². The Morgan fingerprint density at radius 2 is 1.81 bits per heavy atom. The molecule has 152 valence electrons. The maximum atomic E-state index is 5.73. The zero-order chi connectivity index (χ0) is 21.0. The fraction of sp³-hybridized carbons (Fsp3) is 0.0417. The molecule has 0 unspecified atom stereocenters. The minimum absolute atomic E-state index is 0.614. The van der Waals surface area contributed by atoms with Gasteiger partial charge in [-0.2, -0.15) is 0 Å². The molecule has 0 aliphatic heterocycles. The number of nitrogens with two attached hydrogens (primary N) is 1. The van der Waals surface area contributed by atoms with Crippen molar-refractivity contribution in [3.05, 3.63) is 89.9 Å². The number of hydrogen-bond donors (Lipinski definition) is 2. The molecule has 0 fully saturated rings. The highest BCUT2D eigenvalue weighted by molar-refractivity contribution is 7.97. The van der Waals surface area contributed by atoms with E-state index in [1.165, 1.54) is 11.9 Å². The number of nitrogens with one attached hydrogen (secondary N) is 1. The number of rotatable bonds is 6. The summed E-state index contributed by atoms with van der Waals surface area (Å²) >= 11 is 2.87. The van der Waals surface area contributed by atoms with Crippen molar-refractivity contribution in [3.8, 4) is 22.6 Å². The molecule has 0 aliphatic carbocycles. The van der Waals surface area contributed by atoms with Crippen molar-refractivity contribution < 1.29 is 0 Å². The Morgan fingerprint density at radius 1 is 0.935 bits per heavy atom. The van der Waals surface area contributed by atoms with E-state index in [1.54, 1.807) is 17.5 Å². The van der Waals surface area contributed by atoms with Crippen molar-refractivity contribution in [1.29, 1.82) is 0 Å². The number of aromatic nitrogens is 3. The summed E-state index contributed by atoms with van der Waals surface area (Å²) in [6.45, 7) is 0.631. The van der Waals surface area contributed by atoms with Crippen LogP contribution in [-0.2, 0) is 6.54 Å². The van der Waals surface area contributed by atoms with Gasteiger partial charge >= 0.3 is 0 Å². The maximum absolute atomic E-state index is 5.73. The Morgan fingerprint density at radius 3 is 2.61 bits per heavy atom. The van der Waals surface area contributed by atoms with Gasteiger partial charge in [0, 0.05) is 28.6 Å². The number of anilines is 1. The first-order valence-electron chi connectivity index (χ1n) is 9.77. The third-order valence-electron chi connectivity index (χ3n) is 4.91. The summed E-state index contributed by atoms with van der Waals surface area (Å²) in [6.07, 6.45) is 1.76. The van der Waals surface area contributed by atoms with Crippen molar-refractivity contribution in [2.45, 2.75) is 11.4 Å². The molecule has 0 aliphatic rings. The van der Waals surface area contributed by atoms with E-state index >= 15 is 0 Å². The van der Waals surface area contributed by atoms with Crippen LogP contribution in [0.3, 0.4) is 0 Å². The highest BCUT2D eigenvalue weighted by atomic mass is 32.2. The molecule has 31 heavy (non-hydrogen) atoms. The largest absolute Gasteiger partial charge is 0.365 e. The van der Waals surface area contributed by atoms with Gasteiger partial charge in [-0.05, 0) is 47.3 Å². The molecule has 0 saturated heterocycles. The summed E-state index contributed by atoms with van der Waals surface area (Å²) in [7, 11) is 0. The highest BCUT2D eigenvalue weighted by Crippen LogP contribution is 2.38. The van der Waals surface area contributed by atoms with E-state index in [9.17, 15) is 0 Å². The van der Waals surface area contributed by atoms with Gasteiger partial charge in [0.25, 0.3) is 0 Å². The summed E-state index contributed by atoms with van der Waals surface area (Å²) < 4.78 is 0. The number of pyridine rings is 1. The molecule has 0 spiro atoms. The Labute approximate surface area is 188 Å². The van der Waals surface area contributed by atoms with E-state index in [0.29, 0.717) is 12.4 Å². The fourth-order valence-corrected chi connectivity index (χ4v) is 4.75. The van der Waals surface area contributed by atoms with E-state index in [1.807, 2.05) is 48.5 Å². The second-order valence-electron chi connectivity index (χ2n) is 6.93. The van der Waals surface area contributed by atoms with E-state index < -0.39 is 0 Å². The zero-order valence-corrected chi connectivity index (χ0v) is 18.2. The van der Waals surface area contributed by atoms with Gasteiger partial charge in [-0.25, -0.2) is 9.97 Å².